The number of carbonyl (C=O) groups excluding carboxylic acids is 1. The van der Waals surface area contributed by atoms with E-state index in [1.807, 2.05) is 0 Å². The topological polar surface area (TPSA) is 26.3 Å². The van der Waals surface area contributed by atoms with E-state index in [4.69, 9.17) is 11.6 Å². The van der Waals surface area contributed by atoms with Crippen molar-refractivity contribution in [3.05, 3.63) is 0 Å². The SMILES string of the molecule is CCOC(=O)SCCl. The summed E-state index contributed by atoms with van der Waals surface area (Å²) in [4.78, 5) is 10.3. The van der Waals surface area contributed by atoms with Gasteiger partial charge in [0.05, 0.1) is 11.8 Å². The standard InChI is InChI=1S/C4H7ClO2S/c1-2-7-4(6)8-3-5/h2-3H2,1H3. The predicted molar refractivity (Wildman–Crippen MR) is 35.3 cm³/mol. The molecule has 0 aliphatic rings. The van der Waals surface area contributed by atoms with Crippen molar-refractivity contribution in [2.24, 2.45) is 0 Å². The molecule has 0 unspecified atom stereocenters. The molecule has 0 rings (SSSR count). The Hall–Kier alpha value is 0.110. The highest BCUT2D eigenvalue weighted by molar-refractivity contribution is 8.14. The first-order chi connectivity index (χ1) is 3.81. The molecule has 48 valence electrons. The Morgan fingerprint density at radius 2 is 2.50 bits per heavy atom. The van der Waals surface area contributed by atoms with Gasteiger partial charge in [0.1, 0.15) is 0 Å². The molecular weight excluding hydrogens is 148 g/mol. The summed E-state index contributed by atoms with van der Waals surface area (Å²) < 4.78 is 4.52. The van der Waals surface area contributed by atoms with Gasteiger partial charge in [-0.1, -0.05) is 0 Å². The Labute approximate surface area is 57.5 Å². The minimum atomic E-state index is -0.303. The molecule has 0 aliphatic carbocycles. The second kappa shape index (κ2) is 5.25. The fraction of sp³-hybridized carbons (Fsp3) is 0.750. The summed E-state index contributed by atoms with van der Waals surface area (Å²) in [6.07, 6.45) is 0. The first-order valence-electron chi connectivity index (χ1n) is 2.16. The lowest BCUT2D eigenvalue weighted by Crippen LogP contribution is -1.94. The summed E-state index contributed by atoms with van der Waals surface area (Å²) in [5.41, 5.74) is 0. The van der Waals surface area contributed by atoms with Crippen molar-refractivity contribution < 1.29 is 9.53 Å². The van der Waals surface area contributed by atoms with Crippen LogP contribution >= 0.6 is 23.4 Å². The van der Waals surface area contributed by atoms with Gasteiger partial charge in [-0.2, -0.15) is 0 Å². The number of thioether (sulfide) groups is 1. The van der Waals surface area contributed by atoms with Crippen LogP contribution < -0.4 is 0 Å². The van der Waals surface area contributed by atoms with Gasteiger partial charge in [0.25, 0.3) is 0 Å². The largest absolute Gasteiger partial charge is 0.458 e. The monoisotopic (exact) mass is 154 g/mol. The molecule has 0 spiro atoms. The zero-order valence-corrected chi connectivity index (χ0v) is 6.09. The number of rotatable bonds is 2. The van der Waals surface area contributed by atoms with Crippen LogP contribution in [0.1, 0.15) is 6.92 Å². The molecule has 0 N–H and O–H groups in total. The van der Waals surface area contributed by atoms with Crippen LogP contribution in [0.25, 0.3) is 0 Å². The van der Waals surface area contributed by atoms with E-state index >= 15 is 0 Å². The van der Waals surface area contributed by atoms with Gasteiger partial charge in [-0.3, -0.25) is 0 Å². The molecule has 0 heterocycles. The van der Waals surface area contributed by atoms with Gasteiger partial charge in [0.2, 0.25) is 0 Å². The third-order valence-electron chi connectivity index (χ3n) is 0.435. The van der Waals surface area contributed by atoms with Crippen molar-refractivity contribution in [1.82, 2.24) is 0 Å². The molecule has 0 aliphatic heterocycles. The maximum atomic E-state index is 10.3. The lowest BCUT2D eigenvalue weighted by molar-refractivity contribution is 0.181. The number of hydrogen-bond acceptors (Lipinski definition) is 3. The first-order valence-corrected chi connectivity index (χ1v) is 3.68. The molecule has 0 fully saturated rings. The van der Waals surface area contributed by atoms with E-state index in [2.05, 4.69) is 4.74 Å². The van der Waals surface area contributed by atoms with Gasteiger partial charge < -0.3 is 4.74 Å². The van der Waals surface area contributed by atoms with Crippen LogP contribution in [-0.4, -0.2) is 17.1 Å². The molecule has 0 saturated carbocycles. The minimum Gasteiger partial charge on any atom is -0.458 e. The van der Waals surface area contributed by atoms with Gasteiger partial charge in [0, 0.05) is 0 Å². The molecule has 0 amide bonds. The van der Waals surface area contributed by atoms with E-state index in [0.717, 1.165) is 11.8 Å². The summed E-state index contributed by atoms with van der Waals surface area (Å²) in [5.74, 6) is 0. The zero-order chi connectivity index (χ0) is 6.41. The molecule has 0 saturated heterocycles. The molecule has 0 aromatic carbocycles. The Balaban J connectivity index is 3.06. The summed E-state index contributed by atoms with van der Waals surface area (Å²) in [7, 11) is 0. The van der Waals surface area contributed by atoms with Crippen molar-refractivity contribution in [3.8, 4) is 0 Å². The van der Waals surface area contributed by atoms with E-state index in [-0.39, 0.29) is 10.5 Å². The molecule has 0 atom stereocenters. The summed E-state index contributed by atoms with van der Waals surface area (Å²) in [6, 6.07) is 0. The summed E-state index contributed by atoms with van der Waals surface area (Å²) >= 11 is 6.15. The van der Waals surface area contributed by atoms with Crippen molar-refractivity contribution in [2.45, 2.75) is 6.92 Å². The van der Waals surface area contributed by atoms with E-state index in [1.165, 1.54) is 0 Å². The fourth-order valence-electron chi connectivity index (χ4n) is 0.204. The fourth-order valence-corrected chi connectivity index (χ4v) is 0.762. The third kappa shape index (κ3) is 4.27. The number of carbonyl (C=O) groups is 1. The van der Waals surface area contributed by atoms with Crippen LogP contribution in [0.5, 0.6) is 0 Å². The Morgan fingerprint density at radius 3 is 2.88 bits per heavy atom. The highest BCUT2D eigenvalue weighted by atomic mass is 35.5. The van der Waals surface area contributed by atoms with Gasteiger partial charge in [0.15, 0.2) is 0 Å². The Bertz CT molecular complexity index is 68.4. The lowest BCUT2D eigenvalue weighted by atomic mass is 10.9. The van der Waals surface area contributed by atoms with Crippen LogP contribution in [-0.2, 0) is 4.74 Å². The van der Waals surface area contributed by atoms with Gasteiger partial charge >= 0.3 is 5.30 Å². The minimum absolute atomic E-state index is 0.263. The molecule has 0 bridgehead atoms. The number of alkyl halides is 1. The molecule has 0 aromatic heterocycles. The average molecular weight is 155 g/mol. The second-order valence-corrected chi connectivity index (χ2v) is 2.43. The van der Waals surface area contributed by atoms with Crippen molar-refractivity contribution >= 4 is 28.7 Å². The molecule has 0 aromatic rings. The zero-order valence-electron chi connectivity index (χ0n) is 4.52. The van der Waals surface area contributed by atoms with Gasteiger partial charge in [-0.15, -0.1) is 11.6 Å². The second-order valence-electron chi connectivity index (χ2n) is 0.936. The van der Waals surface area contributed by atoms with Crippen molar-refractivity contribution in [1.29, 1.82) is 0 Å². The predicted octanol–water partition coefficient (Wildman–Crippen LogP) is 2.07. The van der Waals surface area contributed by atoms with Gasteiger partial charge in [-0.25, -0.2) is 4.79 Å². The number of halogens is 1. The highest BCUT2D eigenvalue weighted by Gasteiger charge is 1.97. The summed E-state index contributed by atoms with van der Waals surface area (Å²) in [6.45, 7) is 2.18. The molecule has 0 radical (unpaired) electrons. The van der Waals surface area contributed by atoms with Crippen LogP contribution in [0.15, 0.2) is 0 Å². The quantitative estimate of drug-likeness (QED) is 0.450. The summed E-state index contributed by atoms with van der Waals surface area (Å²) in [5, 5.41) is -0.0405. The van der Waals surface area contributed by atoms with E-state index in [9.17, 15) is 4.79 Å². The number of ether oxygens (including phenoxy) is 1. The molecule has 8 heavy (non-hydrogen) atoms. The maximum absolute atomic E-state index is 10.3. The van der Waals surface area contributed by atoms with Crippen LogP contribution in [0.2, 0.25) is 0 Å². The van der Waals surface area contributed by atoms with E-state index in [1.54, 1.807) is 6.92 Å². The third-order valence-corrected chi connectivity index (χ3v) is 1.22. The Kier molecular flexibility index (Phi) is 5.32. The van der Waals surface area contributed by atoms with Crippen LogP contribution in [0, 0.1) is 0 Å². The Morgan fingerprint density at radius 1 is 1.88 bits per heavy atom. The maximum Gasteiger partial charge on any atom is 0.368 e. The molecular formula is C4H7ClO2S. The normalized spacial score (nSPS) is 8.75. The average Bonchev–Trinajstić information content (AvgIpc) is 1.68. The van der Waals surface area contributed by atoms with Crippen molar-refractivity contribution in [3.63, 3.8) is 0 Å². The first kappa shape index (κ1) is 8.11. The highest BCUT2D eigenvalue weighted by Crippen LogP contribution is 2.05. The lowest BCUT2D eigenvalue weighted by Gasteiger charge is -1.94. The smallest absolute Gasteiger partial charge is 0.368 e. The molecule has 4 heteroatoms. The molecule has 2 nitrogen and oxygen atoms in total. The number of hydrogen-bond donors (Lipinski definition) is 0. The van der Waals surface area contributed by atoms with Crippen LogP contribution in [0.4, 0.5) is 4.79 Å². The van der Waals surface area contributed by atoms with Crippen molar-refractivity contribution in [2.75, 3.05) is 11.8 Å². The van der Waals surface area contributed by atoms with Crippen LogP contribution in [0.3, 0.4) is 0 Å². The van der Waals surface area contributed by atoms with Gasteiger partial charge in [-0.05, 0) is 18.7 Å². The van der Waals surface area contributed by atoms with E-state index < -0.39 is 0 Å². The van der Waals surface area contributed by atoms with E-state index in [0.29, 0.717) is 6.61 Å².